The average Bonchev–Trinajstić information content (AvgIpc) is 2.32. The molecule has 0 radical (unpaired) electrons. The Kier molecular flexibility index (Phi) is 3.05. The van der Waals surface area contributed by atoms with Crippen molar-refractivity contribution in [2.45, 2.75) is 13.8 Å². The first-order valence-electron chi connectivity index (χ1n) is 5.75. The van der Waals surface area contributed by atoms with Crippen LogP contribution in [-0.4, -0.2) is 7.05 Å². The molecule has 0 aliphatic heterocycles. The third-order valence-electron chi connectivity index (χ3n) is 3.14. The lowest BCUT2D eigenvalue weighted by Gasteiger charge is -2.23. The second-order valence-electron chi connectivity index (χ2n) is 4.35. The van der Waals surface area contributed by atoms with Crippen molar-refractivity contribution in [3.05, 3.63) is 53.6 Å². The maximum absolute atomic E-state index is 6.13. The summed E-state index contributed by atoms with van der Waals surface area (Å²) in [4.78, 5) is 2.14. The Morgan fingerprint density at radius 3 is 2.12 bits per heavy atom. The van der Waals surface area contributed by atoms with Gasteiger partial charge >= 0.3 is 0 Å². The summed E-state index contributed by atoms with van der Waals surface area (Å²) in [7, 11) is 2.05. The molecule has 0 aliphatic carbocycles. The SMILES string of the molecule is Cc1ccccc1N(C)c1cccc(C)c1N. The predicted octanol–water partition coefficient (Wildman–Crippen LogP) is 3.65. The van der Waals surface area contributed by atoms with E-state index in [1.165, 1.54) is 11.3 Å². The van der Waals surface area contributed by atoms with Crippen LogP contribution in [0.25, 0.3) is 0 Å². The minimum Gasteiger partial charge on any atom is -0.397 e. The molecule has 2 aromatic carbocycles. The molecular weight excluding hydrogens is 208 g/mol. The van der Waals surface area contributed by atoms with E-state index < -0.39 is 0 Å². The number of para-hydroxylation sites is 2. The first-order valence-corrected chi connectivity index (χ1v) is 5.75. The highest BCUT2D eigenvalue weighted by Gasteiger charge is 2.10. The van der Waals surface area contributed by atoms with Crippen molar-refractivity contribution in [1.29, 1.82) is 0 Å². The fourth-order valence-corrected chi connectivity index (χ4v) is 2.03. The lowest BCUT2D eigenvalue weighted by Crippen LogP contribution is -2.13. The Labute approximate surface area is 103 Å². The first-order chi connectivity index (χ1) is 8.11. The molecule has 0 spiro atoms. The number of nitrogens with zero attached hydrogens (tertiary/aromatic N) is 1. The van der Waals surface area contributed by atoms with Gasteiger partial charge < -0.3 is 10.6 Å². The molecule has 0 saturated carbocycles. The minimum absolute atomic E-state index is 0.846. The van der Waals surface area contributed by atoms with Crippen molar-refractivity contribution in [1.82, 2.24) is 0 Å². The van der Waals surface area contributed by atoms with Crippen LogP contribution in [0.1, 0.15) is 11.1 Å². The number of nitrogens with two attached hydrogens (primary N) is 1. The Morgan fingerprint density at radius 2 is 1.41 bits per heavy atom. The largest absolute Gasteiger partial charge is 0.397 e. The van der Waals surface area contributed by atoms with E-state index in [0.717, 1.165) is 16.9 Å². The highest BCUT2D eigenvalue weighted by molar-refractivity contribution is 5.77. The second kappa shape index (κ2) is 4.50. The van der Waals surface area contributed by atoms with Crippen molar-refractivity contribution in [2.24, 2.45) is 0 Å². The summed E-state index contributed by atoms with van der Waals surface area (Å²) >= 11 is 0. The van der Waals surface area contributed by atoms with Gasteiger partial charge in [-0.05, 0) is 37.1 Å². The normalized spacial score (nSPS) is 10.3. The van der Waals surface area contributed by atoms with Gasteiger partial charge in [-0.15, -0.1) is 0 Å². The number of benzene rings is 2. The zero-order chi connectivity index (χ0) is 12.4. The number of hydrogen-bond acceptors (Lipinski definition) is 2. The summed E-state index contributed by atoms with van der Waals surface area (Å²) in [6, 6.07) is 14.4. The van der Waals surface area contributed by atoms with E-state index in [2.05, 4.69) is 30.0 Å². The summed E-state index contributed by atoms with van der Waals surface area (Å²) in [5, 5.41) is 0. The van der Waals surface area contributed by atoms with Gasteiger partial charge in [-0.1, -0.05) is 30.3 Å². The van der Waals surface area contributed by atoms with Gasteiger partial charge in [-0.2, -0.15) is 0 Å². The van der Waals surface area contributed by atoms with E-state index in [-0.39, 0.29) is 0 Å². The third kappa shape index (κ3) is 2.11. The maximum Gasteiger partial charge on any atom is 0.0644 e. The van der Waals surface area contributed by atoms with Gasteiger partial charge in [0.15, 0.2) is 0 Å². The zero-order valence-electron chi connectivity index (χ0n) is 10.6. The van der Waals surface area contributed by atoms with Gasteiger partial charge in [0.05, 0.1) is 11.4 Å². The summed E-state index contributed by atoms with van der Waals surface area (Å²) in [6.07, 6.45) is 0. The number of aryl methyl sites for hydroxylation is 2. The molecule has 0 saturated heterocycles. The van der Waals surface area contributed by atoms with Gasteiger partial charge in [0, 0.05) is 12.7 Å². The van der Waals surface area contributed by atoms with Crippen LogP contribution in [0.4, 0.5) is 17.1 Å². The van der Waals surface area contributed by atoms with E-state index in [9.17, 15) is 0 Å². The highest BCUT2D eigenvalue weighted by atomic mass is 15.1. The smallest absolute Gasteiger partial charge is 0.0644 e. The number of anilines is 3. The number of nitrogen functional groups attached to an aromatic ring is 1. The first kappa shape index (κ1) is 11.5. The molecule has 0 aromatic heterocycles. The van der Waals surface area contributed by atoms with E-state index in [1.54, 1.807) is 0 Å². The monoisotopic (exact) mass is 226 g/mol. The molecule has 2 aromatic rings. The Hall–Kier alpha value is -1.96. The predicted molar refractivity (Wildman–Crippen MR) is 74.8 cm³/mol. The van der Waals surface area contributed by atoms with E-state index in [1.807, 2.05) is 38.2 Å². The van der Waals surface area contributed by atoms with E-state index in [4.69, 9.17) is 5.73 Å². The zero-order valence-corrected chi connectivity index (χ0v) is 10.6. The minimum atomic E-state index is 0.846. The Morgan fingerprint density at radius 1 is 0.824 bits per heavy atom. The summed E-state index contributed by atoms with van der Waals surface area (Å²) < 4.78 is 0. The molecular formula is C15H18N2. The molecule has 0 aliphatic rings. The van der Waals surface area contributed by atoms with Crippen molar-refractivity contribution in [2.75, 3.05) is 17.7 Å². The molecule has 2 rings (SSSR count). The van der Waals surface area contributed by atoms with Crippen LogP contribution >= 0.6 is 0 Å². The second-order valence-corrected chi connectivity index (χ2v) is 4.35. The third-order valence-corrected chi connectivity index (χ3v) is 3.14. The highest BCUT2D eigenvalue weighted by Crippen LogP contribution is 2.32. The van der Waals surface area contributed by atoms with Gasteiger partial charge in [0.2, 0.25) is 0 Å². The molecule has 0 amide bonds. The summed E-state index contributed by atoms with van der Waals surface area (Å²) in [5.74, 6) is 0. The molecule has 0 bridgehead atoms. The topological polar surface area (TPSA) is 29.3 Å². The van der Waals surface area contributed by atoms with Crippen molar-refractivity contribution in [3.63, 3.8) is 0 Å². The maximum atomic E-state index is 6.13. The number of hydrogen-bond donors (Lipinski definition) is 1. The standard InChI is InChI=1S/C15H18N2/c1-11-7-4-5-9-13(11)17(3)14-10-6-8-12(2)15(14)16/h4-10H,16H2,1-3H3. The average molecular weight is 226 g/mol. The lowest BCUT2D eigenvalue weighted by atomic mass is 10.1. The van der Waals surface area contributed by atoms with Crippen LogP contribution in [0.2, 0.25) is 0 Å². The molecule has 0 atom stereocenters. The van der Waals surface area contributed by atoms with Crippen LogP contribution < -0.4 is 10.6 Å². The van der Waals surface area contributed by atoms with Crippen LogP contribution in [0.5, 0.6) is 0 Å². The lowest BCUT2D eigenvalue weighted by molar-refractivity contribution is 1.18. The number of rotatable bonds is 2. The van der Waals surface area contributed by atoms with Gasteiger partial charge in [-0.3, -0.25) is 0 Å². The molecule has 88 valence electrons. The summed E-state index contributed by atoms with van der Waals surface area (Å²) in [6.45, 7) is 4.14. The summed E-state index contributed by atoms with van der Waals surface area (Å²) in [5.41, 5.74) is 11.6. The van der Waals surface area contributed by atoms with Crippen LogP contribution in [-0.2, 0) is 0 Å². The van der Waals surface area contributed by atoms with Gasteiger partial charge in [0.25, 0.3) is 0 Å². The van der Waals surface area contributed by atoms with Crippen molar-refractivity contribution in [3.8, 4) is 0 Å². The molecule has 0 heterocycles. The molecule has 17 heavy (non-hydrogen) atoms. The van der Waals surface area contributed by atoms with E-state index >= 15 is 0 Å². The van der Waals surface area contributed by atoms with Crippen LogP contribution in [0.15, 0.2) is 42.5 Å². The Balaban J connectivity index is 2.48. The van der Waals surface area contributed by atoms with Crippen LogP contribution in [0, 0.1) is 13.8 Å². The van der Waals surface area contributed by atoms with Crippen molar-refractivity contribution >= 4 is 17.1 Å². The molecule has 2 heteroatoms. The fraction of sp³-hybridized carbons (Fsp3) is 0.200. The Bertz CT molecular complexity index is 532. The van der Waals surface area contributed by atoms with Crippen LogP contribution in [0.3, 0.4) is 0 Å². The molecule has 2 nitrogen and oxygen atoms in total. The molecule has 2 N–H and O–H groups in total. The van der Waals surface area contributed by atoms with Crippen molar-refractivity contribution < 1.29 is 0 Å². The van der Waals surface area contributed by atoms with Gasteiger partial charge in [0.1, 0.15) is 0 Å². The fourth-order valence-electron chi connectivity index (χ4n) is 2.03. The van der Waals surface area contributed by atoms with Gasteiger partial charge in [-0.25, -0.2) is 0 Å². The quantitative estimate of drug-likeness (QED) is 0.792. The molecule has 0 fully saturated rings. The molecule has 0 unspecified atom stereocenters. The van der Waals surface area contributed by atoms with E-state index in [0.29, 0.717) is 0 Å².